The third kappa shape index (κ3) is 45.5. The lowest BCUT2D eigenvalue weighted by Crippen LogP contribution is -2.15. The second-order valence-electron chi connectivity index (χ2n) is 5.19. The van der Waals surface area contributed by atoms with Gasteiger partial charge in [0, 0.05) is 25.4 Å². The number of aliphatic hydroxyl groups excluding tert-OH is 3. The summed E-state index contributed by atoms with van der Waals surface area (Å²) >= 11 is 0. The van der Waals surface area contributed by atoms with Crippen molar-refractivity contribution in [3.63, 3.8) is 0 Å². The van der Waals surface area contributed by atoms with E-state index in [1.807, 2.05) is 20.8 Å². The van der Waals surface area contributed by atoms with Crippen LogP contribution in [0.4, 0.5) is 0 Å². The van der Waals surface area contributed by atoms with Gasteiger partial charge in [0.1, 0.15) is 25.4 Å². The van der Waals surface area contributed by atoms with E-state index in [4.69, 9.17) is 15.3 Å². The maximum Gasteiger partial charge on any atom is 0.333 e. The maximum atomic E-state index is 10.8. The minimum atomic E-state index is -0.617. The van der Waals surface area contributed by atoms with Crippen LogP contribution in [-0.4, -0.2) is 66.1 Å². The van der Waals surface area contributed by atoms with Crippen molar-refractivity contribution in [2.75, 3.05) is 33.0 Å². The normalized spacial score (nSPS) is 8.44. The van der Waals surface area contributed by atoms with E-state index >= 15 is 0 Å². The van der Waals surface area contributed by atoms with Crippen molar-refractivity contribution in [3.05, 3.63) is 12.2 Å². The van der Waals surface area contributed by atoms with E-state index in [1.165, 1.54) is 13.8 Å². The Kier molecular flexibility index (Phi) is 35.3. The Labute approximate surface area is 163 Å². The van der Waals surface area contributed by atoms with E-state index in [1.54, 1.807) is 0 Å². The molecule has 0 rings (SSSR count). The Hall–Kier alpha value is -1.77. The molecule has 0 aromatic carbocycles. The second-order valence-corrected chi connectivity index (χ2v) is 5.19. The van der Waals surface area contributed by atoms with E-state index in [0.717, 1.165) is 19.3 Å². The maximum absolute atomic E-state index is 10.8. The third-order valence-electron chi connectivity index (χ3n) is 1.99. The Morgan fingerprint density at radius 1 is 0.778 bits per heavy atom. The lowest BCUT2D eigenvalue weighted by molar-refractivity contribution is -0.151. The minimum absolute atomic E-state index is 0.0324. The summed E-state index contributed by atoms with van der Waals surface area (Å²) in [4.78, 5) is 32.2. The molecule has 8 heteroatoms. The van der Waals surface area contributed by atoms with Gasteiger partial charge in [0.25, 0.3) is 0 Å². The predicted octanol–water partition coefficient (Wildman–Crippen LogP) is 1.79. The monoisotopic (exact) mass is 394 g/mol. The molecule has 3 N–H and O–H groups in total. The molecule has 0 aliphatic rings. The standard InChI is InChI=1S/C10H14O5.3C3H8O/c1-7(2)10(13)15-5-4-14-9(12)6-8(3)11;3*1-2-3-4/h1,4-6H2,2-3H3;3*4H,2-3H2,1H3. The summed E-state index contributed by atoms with van der Waals surface area (Å²) in [7, 11) is 0. The van der Waals surface area contributed by atoms with E-state index in [0.29, 0.717) is 19.8 Å². The molecule has 0 atom stereocenters. The smallest absolute Gasteiger partial charge is 0.333 e. The van der Waals surface area contributed by atoms with E-state index in [2.05, 4.69) is 16.1 Å². The Bertz CT molecular complexity index is 351. The highest BCUT2D eigenvalue weighted by atomic mass is 16.6. The molecule has 0 saturated heterocycles. The van der Waals surface area contributed by atoms with Crippen molar-refractivity contribution in [2.24, 2.45) is 0 Å². The van der Waals surface area contributed by atoms with Crippen LogP contribution in [0, 0.1) is 0 Å². The molecule has 162 valence electrons. The molecule has 0 unspecified atom stereocenters. The van der Waals surface area contributed by atoms with Crippen LogP contribution in [-0.2, 0) is 23.9 Å². The summed E-state index contributed by atoms with van der Waals surface area (Å²) in [6.45, 7) is 12.9. The van der Waals surface area contributed by atoms with Gasteiger partial charge in [0.15, 0.2) is 0 Å². The fourth-order valence-electron chi connectivity index (χ4n) is 0.667. The molecular weight excluding hydrogens is 356 g/mol. The number of Topliss-reactive ketones (excluding diaryl/α,β-unsaturated/α-hetero) is 1. The van der Waals surface area contributed by atoms with Gasteiger partial charge in [-0.2, -0.15) is 0 Å². The van der Waals surface area contributed by atoms with Crippen LogP contribution in [0.5, 0.6) is 0 Å². The van der Waals surface area contributed by atoms with Gasteiger partial charge in [0.2, 0.25) is 0 Å². The zero-order valence-electron chi connectivity index (χ0n) is 17.5. The lowest BCUT2D eigenvalue weighted by Gasteiger charge is -2.05. The first kappa shape index (κ1) is 32.9. The largest absolute Gasteiger partial charge is 0.462 e. The van der Waals surface area contributed by atoms with Gasteiger partial charge in [-0.05, 0) is 33.1 Å². The van der Waals surface area contributed by atoms with Crippen molar-refractivity contribution in [1.29, 1.82) is 0 Å². The number of carbonyl (C=O) groups is 3. The van der Waals surface area contributed by atoms with Gasteiger partial charge in [-0.1, -0.05) is 27.4 Å². The Morgan fingerprint density at radius 3 is 1.37 bits per heavy atom. The quantitative estimate of drug-likeness (QED) is 0.233. The van der Waals surface area contributed by atoms with Gasteiger partial charge in [-0.25, -0.2) is 4.79 Å². The zero-order valence-corrected chi connectivity index (χ0v) is 17.5. The summed E-state index contributed by atoms with van der Waals surface area (Å²) in [5.41, 5.74) is 0.282. The van der Waals surface area contributed by atoms with Gasteiger partial charge >= 0.3 is 11.9 Å². The zero-order chi connectivity index (χ0) is 22.1. The van der Waals surface area contributed by atoms with Crippen molar-refractivity contribution < 1.29 is 39.2 Å². The topological polar surface area (TPSA) is 130 Å². The first-order chi connectivity index (χ1) is 12.7. The highest BCUT2D eigenvalue weighted by molar-refractivity contribution is 5.94. The van der Waals surface area contributed by atoms with Crippen molar-refractivity contribution in [1.82, 2.24) is 0 Å². The first-order valence-corrected chi connectivity index (χ1v) is 8.98. The molecule has 0 fully saturated rings. The van der Waals surface area contributed by atoms with Crippen LogP contribution >= 0.6 is 0 Å². The number of hydrogen-bond acceptors (Lipinski definition) is 8. The number of ketones is 1. The van der Waals surface area contributed by atoms with E-state index in [-0.39, 0.29) is 31.0 Å². The molecule has 0 aromatic rings. The van der Waals surface area contributed by atoms with Gasteiger partial charge in [-0.3, -0.25) is 9.59 Å². The van der Waals surface area contributed by atoms with Gasteiger partial charge in [0.05, 0.1) is 0 Å². The number of rotatable bonds is 9. The Balaban J connectivity index is -0.000000179. The molecule has 0 heterocycles. The summed E-state index contributed by atoms with van der Waals surface area (Å²) in [6.07, 6.45) is 2.37. The molecule has 0 aromatic heterocycles. The number of aliphatic hydroxyl groups is 3. The molecular formula is C19H38O8. The summed E-state index contributed by atoms with van der Waals surface area (Å²) in [5.74, 6) is -1.41. The van der Waals surface area contributed by atoms with Gasteiger partial charge in [-0.15, -0.1) is 0 Å². The molecule has 0 amide bonds. The fraction of sp³-hybridized carbons (Fsp3) is 0.737. The predicted molar refractivity (Wildman–Crippen MR) is 104 cm³/mol. The van der Waals surface area contributed by atoms with Crippen LogP contribution in [0.25, 0.3) is 0 Å². The molecule has 0 spiro atoms. The van der Waals surface area contributed by atoms with Gasteiger partial charge < -0.3 is 24.8 Å². The molecule has 0 aliphatic heterocycles. The first-order valence-electron chi connectivity index (χ1n) is 8.98. The van der Waals surface area contributed by atoms with E-state index in [9.17, 15) is 14.4 Å². The summed E-state index contributed by atoms with van der Waals surface area (Å²) < 4.78 is 9.27. The average Bonchev–Trinajstić information content (AvgIpc) is 2.64. The molecule has 0 radical (unpaired) electrons. The SMILES string of the molecule is C=C(C)C(=O)OCCOC(=O)CC(C)=O.CCCO.CCCO.CCCO. The van der Waals surface area contributed by atoms with Crippen LogP contribution in [0.3, 0.4) is 0 Å². The van der Waals surface area contributed by atoms with Crippen molar-refractivity contribution in [2.45, 2.75) is 60.3 Å². The molecule has 8 nitrogen and oxygen atoms in total. The molecule has 0 saturated carbocycles. The Morgan fingerprint density at radius 2 is 1.11 bits per heavy atom. The van der Waals surface area contributed by atoms with Crippen molar-refractivity contribution >= 4 is 17.7 Å². The summed E-state index contributed by atoms with van der Waals surface area (Å²) in [5, 5.41) is 23.6. The minimum Gasteiger partial charge on any atom is -0.462 e. The van der Waals surface area contributed by atoms with E-state index < -0.39 is 11.9 Å². The second kappa shape index (κ2) is 29.0. The number of esters is 2. The number of carbonyl (C=O) groups excluding carboxylic acids is 3. The van der Waals surface area contributed by atoms with Crippen molar-refractivity contribution in [3.8, 4) is 0 Å². The number of ether oxygens (including phenoxy) is 2. The highest BCUT2D eigenvalue weighted by Crippen LogP contribution is 1.93. The molecule has 0 bridgehead atoms. The van der Waals surface area contributed by atoms with Crippen LogP contribution in [0.15, 0.2) is 12.2 Å². The van der Waals surface area contributed by atoms with Crippen LogP contribution < -0.4 is 0 Å². The molecule has 27 heavy (non-hydrogen) atoms. The van der Waals surface area contributed by atoms with Crippen LogP contribution in [0.1, 0.15) is 60.3 Å². The summed E-state index contributed by atoms with van der Waals surface area (Å²) in [6, 6.07) is 0. The lowest BCUT2D eigenvalue weighted by atomic mass is 10.3. The number of hydrogen-bond donors (Lipinski definition) is 3. The molecule has 0 aliphatic carbocycles. The fourth-order valence-corrected chi connectivity index (χ4v) is 0.667. The highest BCUT2D eigenvalue weighted by Gasteiger charge is 2.07. The van der Waals surface area contributed by atoms with Crippen LogP contribution in [0.2, 0.25) is 0 Å². The average molecular weight is 395 g/mol. The third-order valence-corrected chi connectivity index (χ3v) is 1.99.